The Bertz CT molecular complexity index is 1370. The highest BCUT2D eigenvalue weighted by Gasteiger charge is 2.43. The molecule has 2 fully saturated rings. The lowest BCUT2D eigenvalue weighted by atomic mass is 10.1. The normalized spacial score (nSPS) is 17.3. The van der Waals surface area contributed by atoms with Crippen LogP contribution in [0.25, 0.3) is 0 Å². The van der Waals surface area contributed by atoms with E-state index in [4.69, 9.17) is 26.1 Å². The zero-order valence-corrected chi connectivity index (χ0v) is 26.3. The Morgan fingerprint density at radius 2 is 1.73 bits per heavy atom. The van der Waals surface area contributed by atoms with Crippen molar-refractivity contribution in [3.8, 4) is 11.5 Å². The largest absolute Gasteiger partial charge is 0.497 e. The molecular formula is C33H41N5O5S. The van der Waals surface area contributed by atoms with E-state index in [1.807, 2.05) is 35.2 Å². The lowest BCUT2D eigenvalue weighted by molar-refractivity contribution is -0.131. The van der Waals surface area contributed by atoms with Crippen molar-refractivity contribution in [1.82, 2.24) is 14.7 Å². The van der Waals surface area contributed by atoms with Gasteiger partial charge in [0.25, 0.3) is 5.91 Å². The first-order valence-corrected chi connectivity index (χ1v) is 15.6. The van der Waals surface area contributed by atoms with Crippen LogP contribution < -0.4 is 19.7 Å². The Kier molecular flexibility index (Phi) is 10.7. The fraction of sp³-hybridized carbons (Fsp3) is 0.424. The van der Waals surface area contributed by atoms with Crippen LogP contribution in [0.2, 0.25) is 0 Å². The molecule has 11 heteroatoms. The summed E-state index contributed by atoms with van der Waals surface area (Å²) in [6, 6.07) is 18.4. The van der Waals surface area contributed by atoms with Crippen molar-refractivity contribution in [3.05, 3.63) is 72.7 Å². The van der Waals surface area contributed by atoms with Crippen LogP contribution in [0.4, 0.5) is 11.4 Å². The van der Waals surface area contributed by atoms with E-state index in [9.17, 15) is 9.59 Å². The molecule has 1 unspecified atom stereocenters. The number of carbonyl (C=O) groups is 2. The topological polar surface area (TPSA) is 90.7 Å². The number of furan rings is 1. The van der Waals surface area contributed by atoms with E-state index in [1.165, 1.54) is 5.69 Å². The number of nitrogens with zero attached hydrogens (tertiary/aromatic N) is 4. The second kappa shape index (κ2) is 15.1. The summed E-state index contributed by atoms with van der Waals surface area (Å²) in [5.41, 5.74) is 1.85. The van der Waals surface area contributed by atoms with Gasteiger partial charge in [-0.3, -0.25) is 19.4 Å². The predicted molar refractivity (Wildman–Crippen MR) is 174 cm³/mol. The third kappa shape index (κ3) is 7.89. The standard InChI is InChI=1S/C33H41N5O5S/c1-3-21-42-28-11-7-25(8-12-28)34-31(39)23-30-32(40)38(24-29-6-4-22-43-29)33(44)37(30)16-5-15-35-17-19-36(20-18-35)26-9-13-27(41-2)14-10-26/h4,6-14,22,30H,3,5,15-21,23-24H2,1-2H3,(H,34,39). The Morgan fingerprint density at radius 3 is 2.39 bits per heavy atom. The number of ether oxygens (including phenoxy) is 2. The molecule has 0 bridgehead atoms. The summed E-state index contributed by atoms with van der Waals surface area (Å²) in [6.07, 6.45) is 3.32. The zero-order valence-electron chi connectivity index (χ0n) is 25.4. The van der Waals surface area contributed by atoms with Gasteiger partial charge < -0.3 is 29.0 Å². The van der Waals surface area contributed by atoms with Gasteiger partial charge in [0.2, 0.25) is 5.91 Å². The average molecular weight is 620 g/mol. The fourth-order valence-corrected chi connectivity index (χ4v) is 5.95. The summed E-state index contributed by atoms with van der Waals surface area (Å²) in [5, 5.41) is 3.36. The number of rotatable bonds is 14. The van der Waals surface area contributed by atoms with E-state index >= 15 is 0 Å². The molecule has 1 aromatic heterocycles. The molecule has 1 atom stereocenters. The van der Waals surface area contributed by atoms with Gasteiger partial charge in [0.1, 0.15) is 23.3 Å². The molecule has 1 N–H and O–H groups in total. The average Bonchev–Trinajstić information content (AvgIpc) is 3.64. The highest BCUT2D eigenvalue weighted by molar-refractivity contribution is 7.80. The van der Waals surface area contributed by atoms with Crippen LogP contribution in [0.15, 0.2) is 71.3 Å². The SMILES string of the molecule is CCCOc1ccc(NC(=O)CC2C(=O)N(Cc3ccco3)C(=S)N2CCCN2CCN(c3ccc(OC)cc3)CC2)cc1. The molecule has 5 rings (SSSR count). The molecule has 44 heavy (non-hydrogen) atoms. The van der Waals surface area contributed by atoms with E-state index in [-0.39, 0.29) is 24.8 Å². The first-order valence-electron chi connectivity index (χ1n) is 15.2. The summed E-state index contributed by atoms with van der Waals surface area (Å²) in [7, 11) is 1.68. The number of hydrogen-bond donors (Lipinski definition) is 1. The molecule has 234 valence electrons. The van der Waals surface area contributed by atoms with Crippen molar-refractivity contribution < 1.29 is 23.5 Å². The van der Waals surface area contributed by atoms with Crippen LogP contribution in [0.1, 0.15) is 31.9 Å². The smallest absolute Gasteiger partial charge is 0.252 e. The van der Waals surface area contributed by atoms with E-state index in [0.717, 1.165) is 57.1 Å². The number of anilines is 2. The summed E-state index contributed by atoms with van der Waals surface area (Å²) in [4.78, 5) is 35.0. The molecule has 2 amide bonds. The number of hydrogen-bond acceptors (Lipinski definition) is 8. The van der Waals surface area contributed by atoms with Crippen molar-refractivity contribution in [2.45, 2.75) is 38.8 Å². The molecule has 3 heterocycles. The monoisotopic (exact) mass is 619 g/mol. The van der Waals surface area contributed by atoms with Crippen molar-refractivity contribution in [1.29, 1.82) is 0 Å². The van der Waals surface area contributed by atoms with Gasteiger partial charge in [0.15, 0.2) is 5.11 Å². The minimum Gasteiger partial charge on any atom is -0.497 e. The van der Waals surface area contributed by atoms with Crippen LogP contribution in [0, 0.1) is 0 Å². The summed E-state index contributed by atoms with van der Waals surface area (Å²) >= 11 is 5.79. The molecule has 2 saturated heterocycles. The van der Waals surface area contributed by atoms with Gasteiger partial charge in [-0.05, 0) is 92.3 Å². The van der Waals surface area contributed by atoms with E-state index in [2.05, 4.69) is 34.2 Å². The number of amides is 2. The quantitative estimate of drug-likeness (QED) is 0.260. The minimum atomic E-state index is -0.670. The van der Waals surface area contributed by atoms with E-state index < -0.39 is 6.04 Å². The first-order chi connectivity index (χ1) is 21.4. The number of piperazine rings is 1. The van der Waals surface area contributed by atoms with Crippen molar-refractivity contribution in [3.63, 3.8) is 0 Å². The van der Waals surface area contributed by atoms with Crippen molar-refractivity contribution >= 4 is 40.5 Å². The van der Waals surface area contributed by atoms with Gasteiger partial charge in [-0.1, -0.05) is 6.92 Å². The van der Waals surface area contributed by atoms with Gasteiger partial charge in [-0.2, -0.15) is 0 Å². The molecule has 10 nitrogen and oxygen atoms in total. The third-order valence-electron chi connectivity index (χ3n) is 7.97. The van der Waals surface area contributed by atoms with E-state index in [0.29, 0.717) is 29.7 Å². The van der Waals surface area contributed by atoms with Gasteiger partial charge in [-0.25, -0.2) is 0 Å². The first kappa shape index (κ1) is 31.3. The Balaban J connectivity index is 1.16. The van der Waals surface area contributed by atoms with Gasteiger partial charge in [0.05, 0.1) is 32.9 Å². The highest BCUT2D eigenvalue weighted by atomic mass is 32.1. The van der Waals surface area contributed by atoms with Crippen molar-refractivity contribution in [2.24, 2.45) is 0 Å². The molecule has 0 saturated carbocycles. The fourth-order valence-electron chi connectivity index (χ4n) is 5.58. The minimum absolute atomic E-state index is 0.00223. The van der Waals surface area contributed by atoms with Gasteiger partial charge in [0, 0.05) is 44.1 Å². The lowest BCUT2D eigenvalue weighted by Gasteiger charge is -2.36. The molecular weight excluding hydrogens is 578 g/mol. The Labute approximate surface area is 264 Å². The summed E-state index contributed by atoms with van der Waals surface area (Å²) in [6.45, 7) is 8.19. The van der Waals surface area contributed by atoms with Gasteiger partial charge >= 0.3 is 0 Å². The van der Waals surface area contributed by atoms with Gasteiger partial charge in [-0.15, -0.1) is 0 Å². The molecule has 0 spiro atoms. The maximum atomic E-state index is 13.6. The maximum absolute atomic E-state index is 13.6. The second-order valence-corrected chi connectivity index (χ2v) is 11.4. The number of thiocarbonyl (C=S) groups is 1. The maximum Gasteiger partial charge on any atom is 0.252 e. The molecule has 0 aliphatic carbocycles. The molecule has 2 aliphatic rings. The summed E-state index contributed by atoms with van der Waals surface area (Å²) in [5.74, 6) is 1.83. The Morgan fingerprint density at radius 1 is 1.00 bits per heavy atom. The second-order valence-electron chi connectivity index (χ2n) is 11.0. The lowest BCUT2D eigenvalue weighted by Crippen LogP contribution is -2.47. The molecule has 3 aromatic rings. The predicted octanol–water partition coefficient (Wildman–Crippen LogP) is 4.62. The van der Waals surface area contributed by atoms with Crippen LogP contribution in [-0.4, -0.2) is 90.7 Å². The van der Waals surface area contributed by atoms with Crippen molar-refractivity contribution in [2.75, 3.05) is 63.2 Å². The zero-order chi connectivity index (χ0) is 30.9. The number of methoxy groups -OCH3 is 1. The summed E-state index contributed by atoms with van der Waals surface area (Å²) < 4.78 is 16.4. The highest BCUT2D eigenvalue weighted by Crippen LogP contribution is 2.25. The molecule has 0 radical (unpaired) electrons. The number of benzene rings is 2. The van der Waals surface area contributed by atoms with Crippen LogP contribution in [-0.2, 0) is 16.1 Å². The number of carbonyl (C=O) groups excluding carboxylic acids is 2. The van der Waals surface area contributed by atoms with Crippen LogP contribution in [0.5, 0.6) is 11.5 Å². The molecule has 2 aromatic carbocycles. The van der Waals surface area contributed by atoms with Crippen LogP contribution >= 0.6 is 12.2 Å². The number of nitrogens with one attached hydrogen (secondary N) is 1. The third-order valence-corrected chi connectivity index (χ3v) is 8.43. The molecule has 2 aliphatic heterocycles. The van der Waals surface area contributed by atoms with E-state index in [1.54, 1.807) is 36.5 Å². The Hall–Kier alpha value is -4.09. The van der Waals surface area contributed by atoms with Crippen LogP contribution in [0.3, 0.4) is 0 Å².